The van der Waals surface area contributed by atoms with Crippen molar-refractivity contribution in [3.05, 3.63) is 82.1 Å². The molecule has 1 aromatic carbocycles. The highest BCUT2D eigenvalue weighted by atomic mass is 35.5. The minimum absolute atomic E-state index is 0.261. The van der Waals surface area contributed by atoms with Crippen molar-refractivity contribution in [1.82, 2.24) is 15.3 Å². The van der Waals surface area contributed by atoms with Crippen LogP contribution in [0.15, 0.2) is 60.9 Å². The number of nitrogens with one attached hydrogen (secondary N) is 1. The van der Waals surface area contributed by atoms with Crippen molar-refractivity contribution in [2.45, 2.75) is 6.54 Å². The summed E-state index contributed by atoms with van der Waals surface area (Å²) in [6.45, 7) is 0.293. The minimum atomic E-state index is -0.261. The molecule has 0 bridgehead atoms. The Balaban J connectivity index is 1.60. The molecule has 1 N–H and O–H groups in total. The molecule has 0 atom stereocenters. The Hall–Kier alpha value is -2.63. The van der Waals surface area contributed by atoms with Gasteiger partial charge in [0.05, 0.1) is 5.56 Å². The van der Waals surface area contributed by atoms with Gasteiger partial charge >= 0.3 is 0 Å². The van der Waals surface area contributed by atoms with Crippen molar-refractivity contribution in [3.63, 3.8) is 0 Å². The summed E-state index contributed by atoms with van der Waals surface area (Å²) in [4.78, 5) is 20.4. The van der Waals surface area contributed by atoms with Crippen molar-refractivity contribution in [2.75, 3.05) is 0 Å². The molecule has 3 rings (SSSR count). The van der Waals surface area contributed by atoms with Crippen LogP contribution < -0.4 is 10.1 Å². The van der Waals surface area contributed by atoms with Crippen LogP contribution in [0, 0.1) is 0 Å². The Labute approximate surface area is 154 Å². The molecule has 0 aliphatic carbocycles. The number of pyridine rings is 2. The topological polar surface area (TPSA) is 64.1 Å². The molecule has 3 aromatic rings. The molecule has 0 fully saturated rings. The molecule has 1 amide bonds. The van der Waals surface area contributed by atoms with Gasteiger partial charge in [0.25, 0.3) is 5.91 Å². The molecule has 2 aromatic heterocycles. The zero-order chi connectivity index (χ0) is 17.6. The largest absolute Gasteiger partial charge is 0.421 e. The van der Waals surface area contributed by atoms with E-state index in [0.29, 0.717) is 33.9 Å². The molecule has 126 valence electrons. The van der Waals surface area contributed by atoms with Crippen LogP contribution in [0.3, 0.4) is 0 Å². The van der Waals surface area contributed by atoms with Gasteiger partial charge in [0.15, 0.2) is 0 Å². The van der Waals surface area contributed by atoms with E-state index in [9.17, 15) is 4.79 Å². The average molecular weight is 374 g/mol. The maximum Gasteiger partial charge on any atom is 0.253 e. The number of nitrogens with zero attached hydrogens (tertiary/aromatic N) is 2. The normalized spacial score (nSPS) is 10.3. The van der Waals surface area contributed by atoms with Crippen LogP contribution in [0.25, 0.3) is 0 Å². The molecule has 0 aliphatic rings. The maximum absolute atomic E-state index is 12.2. The number of rotatable bonds is 5. The fraction of sp³-hybridized carbons (Fsp3) is 0.0556. The molecule has 0 radical (unpaired) electrons. The predicted molar refractivity (Wildman–Crippen MR) is 96.2 cm³/mol. The second-order valence-electron chi connectivity index (χ2n) is 5.07. The summed E-state index contributed by atoms with van der Waals surface area (Å²) < 4.78 is 5.49. The maximum atomic E-state index is 12.2. The summed E-state index contributed by atoms with van der Waals surface area (Å²) in [6.07, 6.45) is 3.07. The predicted octanol–water partition coefficient (Wildman–Crippen LogP) is 4.51. The summed E-state index contributed by atoms with van der Waals surface area (Å²) >= 11 is 11.9. The van der Waals surface area contributed by atoms with E-state index in [1.165, 1.54) is 6.20 Å². The lowest BCUT2D eigenvalue weighted by Crippen LogP contribution is -2.23. The summed E-state index contributed by atoms with van der Waals surface area (Å²) in [6, 6.07) is 13.7. The van der Waals surface area contributed by atoms with Crippen molar-refractivity contribution in [3.8, 4) is 11.8 Å². The standard InChI is InChI=1S/C18H13Cl2N3O2/c19-14-6-4-12(15(20)9-14)10-23-18(24)13-5-7-17(22-11-13)25-16-3-1-2-8-21-16/h1-9,11H,10H2,(H,23,24). The molecule has 0 aliphatic heterocycles. The van der Waals surface area contributed by atoms with Crippen LogP contribution >= 0.6 is 23.2 Å². The first kappa shape index (κ1) is 17.2. The average Bonchev–Trinajstić information content (AvgIpc) is 2.62. The molecule has 2 heterocycles. The molecule has 0 saturated heterocycles. The van der Waals surface area contributed by atoms with Crippen LogP contribution in [-0.2, 0) is 6.54 Å². The Bertz CT molecular complexity index is 871. The second kappa shape index (κ2) is 7.96. The van der Waals surface area contributed by atoms with Gasteiger partial charge in [-0.15, -0.1) is 0 Å². The number of hydrogen-bond acceptors (Lipinski definition) is 4. The fourth-order valence-electron chi connectivity index (χ4n) is 2.03. The van der Waals surface area contributed by atoms with Gasteiger partial charge in [-0.3, -0.25) is 4.79 Å². The third-order valence-corrected chi connectivity index (χ3v) is 3.89. The lowest BCUT2D eigenvalue weighted by atomic mass is 10.2. The Morgan fingerprint density at radius 3 is 2.56 bits per heavy atom. The minimum Gasteiger partial charge on any atom is -0.421 e. The van der Waals surface area contributed by atoms with Gasteiger partial charge in [-0.25, -0.2) is 9.97 Å². The number of halogens is 2. The van der Waals surface area contributed by atoms with Gasteiger partial charge in [-0.05, 0) is 29.8 Å². The van der Waals surface area contributed by atoms with Crippen LogP contribution in [0.4, 0.5) is 0 Å². The first-order valence-electron chi connectivity index (χ1n) is 7.39. The van der Waals surface area contributed by atoms with Gasteiger partial charge < -0.3 is 10.1 Å². The smallest absolute Gasteiger partial charge is 0.253 e. The van der Waals surface area contributed by atoms with E-state index < -0.39 is 0 Å². The highest BCUT2D eigenvalue weighted by molar-refractivity contribution is 6.35. The summed E-state index contributed by atoms with van der Waals surface area (Å²) in [5.41, 5.74) is 1.20. The third-order valence-electron chi connectivity index (χ3n) is 3.30. The van der Waals surface area contributed by atoms with Gasteiger partial charge in [0.1, 0.15) is 0 Å². The van der Waals surface area contributed by atoms with E-state index in [1.807, 2.05) is 6.07 Å². The zero-order valence-corrected chi connectivity index (χ0v) is 14.5. The molecular weight excluding hydrogens is 361 g/mol. The quantitative estimate of drug-likeness (QED) is 0.714. The lowest BCUT2D eigenvalue weighted by molar-refractivity contribution is 0.0950. The number of amides is 1. The first-order valence-corrected chi connectivity index (χ1v) is 8.14. The van der Waals surface area contributed by atoms with Crippen molar-refractivity contribution in [1.29, 1.82) is 0 Å². The van der Waals surface area contributed by atoms with Crippen LogP contribution in [0.2, 0.25) is 10.0 Å². The van der Waals surface area contributed by atoms with Crippen LogP contribution in [0.5, 0.6) is 11.8 Å². The first-order chi connectivity index (χ1) is 12.1. The van der Waals surface area contributed by atoms with Gasteiger partial charge in [-0.1, -0.05) is 35.3 Å². The van der Waals surface area contributed by atoms with Gasteiger partial charge in [-0.2, -0.15) is 0 Å². The van der Waals surface area contributed by atoms with E-state index in [-0.39, 0.29) is 5.91 Å². The molecule has 0 spiro atoms. The van der Waals surface area contributed by atoms with E-state index in [4.69, 9.17) is 27.9 Å². The van der Waals surface area contributed by atoms with Crippen LogP contribution in [0.1, 0.15) is 15.9 Å². The van der Waals surface area contributed by atoms with Crippen molar-refractivity contribution < 1.29 is 9.53 Å². The SMILES string of the molecule is O=C(NCc1ccc(Cl)cc1Cl)c1ccc(Oc2ccccn2)nc1. The highest BCUT2D eigenvalue weighted by Crippen LogP contribution is 2.21. The molecule has 7 heteroatoms. The van der Waals surface area contributed by atoms with E-state index >= 15 is 0 Å². The summed E-state index contributed by atoms with van der Waals surface area (Å²) in [7, 11) is 0. The van der Waals surface area contributed by atoms with E-state index in [0.717, 1.165) is 5.56 Å². The van der Waals surface area contributed by atoms with Crippen LogP contribution in [-0.4, -0.2) is 15.9 Å². The van der Waals surface area contributed by atoms with E-state index in [2.05, 4.69) is 15.3 Å². The zero-order valence-electron chi connectivity index (χ0n) is 12.9. The Kier molecular flexibility index (Phi) is 5.48. The van der Waals surface area contributed by atoms with Gasteiger partial charge in [0, 0.05) is 41.1 Å². The molecule has 5 nitrogen and oxygen atoms in total. The lowest BCUT2D eigenvalue weighted by Gasteiger charge is -2.08. The number of benzene rings is 1. The summed E-state index contributed by atoms with van der Waals surface area (Å²) in [5.74, 6) is 0.531. The van der Waals surface area contributed by atoms with E-state index in [1.54, 1.807) is 48.7 Å². The molecular formula is C18H13Cl2N3O2. The molecule has 25 heavy (non-hydrogen) atoms. The highest BCUT2D eigenvalue weighted by Gasteiger charge is 2.08. The number of hydrogen-bond donors (Lipinski definition) is 1. The number of aromatic nitrogens is 2. The second-order valence-corrected chi connectivity index (χ2v) is 5.92. The third kappa shape index (κ3) is 4.68. The van der Waals surface area contributed by atoms with Gasteiger partial charge in [0.2, 0.25) is 11.8 Å². The number of carbonyl (C=O) groups is 1. The number of carbonyl (C=O) groups excluding carboxylic acids is 1. The monoisotopic (exact) mass is 373 g/mol. The fourth-order valence-corrected chi connectivity index (χ4v) is 2.51. The Morgan fingerprint density at radius 1 is 1.04 bits per heavy atom. The molecule has 0 saturated carbocycles. The molecule has 0 unspecified atom stereocenters. The Morgan fingerprint density at radius 2 is 1.88 bits per heavy atom. The summed E-state index contributed by atoms with van der Waals surface area (Å²) in [5, 5.41) is 3.84. The number of ether oxygens (including phenoxy) is 1. The van der Waals surface area contributed by atoms with Crippen molar-refractivity contribution in [2.24, 2.45) is 0 Å². The van der Waals surface area contributed by atoms with Crippen molar-refractivity contribution >= 4 is 29.1 Å².